The van der Waals surface area contributed by atoms with E-state index in [0.29, 0.717) is 17.4 Å². The van der Waals surface area contributed by atoms with E-state index in [-0.39, 0.29) is 11.3 Å². The summed E-state index contributed by atoms with van der Waals surface area (Å²) in [7, 11) is 0. The van der Waals surface area contributed by atoms with Gasteiger partial charge in [0.1, 0.15) is 15.5 Å². The number of ether oxygens (including phenoxy) is 1. The number of aryl methyl sites for hydroxylation is 1. The summed E-state index contributed by atoms with van der Waals surface area (Å²) in [6.07, 6.45) is 4.78. The van der Waals surface area contributed by atoms with Gasteiger partial charge in [0.05, 0.1) is 12.0 Å². The van der Waals surface area contributed by atoms with Crippen molar-refractivity contribution in [3.63, 3.8) is 0 Å². The average Bonchev–Trinajstić information content (AvgIpc) is 2.76. The van der Waals surface area contributed by atoms with Gasteiger partial charge in [0.2, 0.25) is 5.28 Å². The molecule has 1 saturated heterocycles. The van der Waals surface area contributed by atoms with Crippen LogP contribution in [-0.2, 0) is 4.74 Å². The first-order chi connectivity index (χ1) is 12.0. The summed E-state index contributed by atoms with van der Waals surface area (Å²) in [5.74, 6) is 0.876. The molecule has 25 heavy (non-hydrogen) atoms. The maximum absolute atomic E-state index is 12.5. The van der Waals surface area contributed by atoms with Crippen molar-refractivity contribution < 1.29 is 9.53 Å². The SMILES string of the molecule is Cc1c(C(=O)OCC(C)C)sc2nc(Cl)nc(N3CCCCCC3)c12. The van der Waals surface area contributed by atoms with Crippen LogP contribution in [0.2, 0.25) is 5.28 Å². The number of thiophene rings is 1. The minimum Gasteiger partial charge on any atom is -0.461 e. The smallest absolute Gasteiger partial charge is 0.348 e. The number of rotatable bonds is 4. The van der Waals surface area contributed by atoms with Gasteiger partial charge < -0.3 is 9.64 Å². The van der Waals surface area contributed by atoms with Gasteiger partial charge in [0, 0.05) is 13.1 Å². The molecule has 0 spiro atoms. The topological polar surface area (TPSA) is 55.3 Å². The van der Waals surface area contributed by atoms with E-state index >= 15 is 0 Å². The van der Waals surface area contributed by atoms with E-state index in [1.165, 1.54) is 24.2 Å². The lowest BCUT2D eigenvalue weighted by atomic mass is 10.2. The molecule has 3 heterocycles. The maximum Gasteiger partial charge on any atom is 0.348 e. The first-order valence-corrected chi connectivity index (χ1v) is 10.1. The van der Waals surface area contributed by atoms with E-state index in [0.717, 1.165) is 47.5 Å². The van der Waals surface area contributed by atoms with Crippen molar-refractivity contribution in [2.45, 2.75) is 46.5 Å². The second-order valence-electron chi connectivity index (χ2n) is 6.95. The standard InChI is InChI=1S/C18H24ClN3O2S/c1-11(2)10-24-17(23)14-12(3)13-15(20-18(19)21-16(13)25-14)22-8-6-4-5-7-9-22/h11H,4-10H2,1-3H3. The maximum atomic E-state index is 12.5. The van der Waals surface area contributed by atoms with E-state index in [4.69, 9.17) is 16.3 Å². The Morgan fingerprint density at radius 2 is 1.92 bits per heavy atom. The van der Waals surface area contributed by atoms with Crippen molar-refractivity contribution in [1.29, 1.82) is 0 Å². The Balaban J connectivity index is 2.01. The summed E-state index contributed by atoms with van der Waals surface area (Å²) < 4.78 is 5.41. The molecule has 0 aromatic carbocycles. The van der Waals surface area contributed by atoms with E-state index in [2.05, 4.69) is 14.9 Å². The Labute approximate surface area is 157 Å². The minimum absolute atomic E-state index is 0.232. The van der Waals surface area contributed by atoms with Gasteiger partial charge in [-0.05, 0) is 42.8 Å². The monoisotopic (exact) mass is 381 g/mol. The van der Waals surface area contributed by atoms with Crippen LogP contribution >= 0.6 is 22.9 Å². The van der Waals surface area contributed by atoms with Gasteiger partial charge >= 0.3 is 5.97 Å². The van der Waals surface area contributed by atoms with Gasteiger partial charge in [0.25, 0.3) is 0 Å². The highest BCUT2D eigenvalue weighted by Gasteiger charge is 2.24. The number of nitrogens with zero attached hydrogens (tertiary/aromatic N) is 3. The van der Waals surface area contributed by atoms with Crippen LogP contribution in [0.1, 0.15) is 54.8 Å². The molecular weight excluding hydrogens is 358 g/mol. The van der Waals surface area contributed by atoms with Crippen molar-refractivity contribution in [3.8, 4) is 0 Å². The number of esters is 1. The lowest BCUT2D eigenvalue weighted by Gasteiger charge is -2.22. The van der Waals surface area contributed by atoms with Gasteiger partial charge in [-0.1, -0.05) is 26.7 Å². The lowest BCUT2D eigenvalue weighted by Crippen LogP contribution is -2.25. The molecule has 1 aliphatic rings. The Hall–Kier alpha value is -1.40. The number of halogens is 1. The van der Waals surface area contributed by atoms with Crippen molar-refractivity contribution in [1.82, 2.24) is 9.97 Å². The molecule has 1 aliphatic heterocycles. The zero-order valence-electron chi connectivity index (χ0n) is 15.0. The molecule has 1 fully saturated rings. The summed E-state index contributed by atoms with van der Waals surface area (Å²) >= 11 is 7.51. The minimum atomic E-state index is -0.285. The first kappa shape index (κ1) is 18.4. The molecule has 0 atom stereocenters. The third-order valence-electron chi connectivity index (χ3n) is 4.38. The van der Waals surface area contributed by atoms with Crippen LogP contribution < -0.4 is 4.90 Å². The Morgan fingerprint density at radius 1 is 1.24 bits per heavy atom. The average molecular weight is 382 g/mol. The molecule has 0 amide bonds. The number of anilines is 1. The molecule has 0 aliphatic carbocycles. The van der Waals surface area contributed by atoms with Crippen LogP contribution in [0.4, 0.5) is 5.82 Å². The molecular formula is C18H24ClN3O2S. The second-order valence-corrected chi connectivity index (χ2v) is 8.28. The molecule has 136 valence electrons. The molecule has 0 unspecified atom stereocenters. The summed E-state index contributed by atoms with van der Waals surface area (Å²) in [5.41, 5.74) is 0.893. The molecule has 0 saturated carbocycles. The lowest BCUT2D eigenvalue weighted by molar-refractivity contribution is 0.0464. The number of fused-ring (bicyclic) bond motifs is 1. The molecule has 5 nitrogen and oxygen atoms in total. The third-order valence-corrected chi connectivity index (χ3v) is 5.72. The first-order valence-electron chi connectivity index (χ1n) is 8.86. The van der Waals surface area contributed by atoms with E-state index in [1.807, 2.05) is 20.8 Å². The van der Waals surface area contributed by atoms with Gasteiger partial charge in [-0.3, -0.25) is 0 Å². The van der Waals surface area contributed by atoms with Crippen LogP contribution in [0.5, 0.6) is 0 Å². The van der Waals surface area contributed by atoms with Gasteiger partial charge in [-0.15, -0.1) is 11.3 Å². The summed E-state index contributed by atoms with van der Waals surface area (Å²) in [5, 5.41) is 1.17. The molecule has 7 heteroatoms. The highest BCUT2D eigenvalue weighted by Crippen LogP contribution is 2.37. The largest absolute Gasteiger partial charge is 0.461 e. The Morgan fingerprint density at radius 3 is 2.56 bits per heavy atom. The zero-order valence-corrected chi connectivity index (χ0v) is 16.5. The summed E-state index contributed by atoms with van der Waals surface area (Å²) in [4.78, 5) is 25.0. The van der Waals surface area contributed by atoms with E-state index in [9.17, 15) is 4.79 Å². The second kappa shape index (κ2) is 7.87. The zero-order chi connectivity index (χ0) is 18.0. The molecule has 0 bridgehead atoms. The molecule has 2 aromatic rings. The molecule has 0 N–H and O–H groups in total. The van der Waals surface area contributed by atoms with Crippen LogP contribution in [-0.4, -0.2) is 35.6 Å². The van der Waals surface area contributed by atoms with Crippen molar-refractivity contribution in [2.75, 3.05) is 24.6 Å². The fraction of sp³-hybridized carbons (Fsp3) is 0.611. The van der Waals surface area contributed by atoms with Crippen molar-refractivity contribution in [2.24, 2.45) is 5.92 Å². The van der Waals surface area contributed by atoms with E-state index < -0.39 is 0 Å². The number of carbonyl (C=O) groups excluding carboxylic acids is 1. The Kier molecular flexibility index (Phi) is 5.79. The number of carbonyl (C=O) groups is 1. The number of hydrogen-bond acceptors (Lipinski definition) is 6. The summed E-state index contributed by atoms with van der Waals surface area (Å²) in [6, 6.07) is 0. The number of aromatic nitrogens is 2. The predicted molar refractivity (Wildman–Crippen MR) is 103 cm³/mol. The quantitative estimate of drug-likeness (QED) is 0.559. The van der Waals surface area contributed by atoms with Gasteiger partial charge in [-0.25, -0.2) is 9.78 Å². The van der Waals surface area contributed by atoms with Crippen LogP contribution in [0, 0.1) is 12.8 Å². The van der Waals surface area contributed by atoms with Crippen molar-refractivity contribution >= 4 is 44.9 Å². The third kappa shape index (κ3) is 4.06. The normalized spacial score (nSPS) is 15.6. The van der Waals surface area contributed by atoms with E-state index in [1.54, 1.807) is 0 Å². The highest BCUT2D eigenvalue weighted by molar-refractivity contribution is 7.20. The summed E-state index contributed by atoms with van der Waals surface area (Å²) in [6.45, 7) is 8.33. The fourth-order valence-corrected chi connectivity index (χ4v) is 4.39. The fourth-order valence-electron chi connectivity index (χ4n) is 3.11. The van der Waals surface area contributed by atoms with Crippen molar-refractivity contribution in [3.05, 3.63) is 15.7 Å². The Bertz CT molecular complexity index is 767. The predicted octanol–water partition coefficient (Wildman–Crippen LogP) is 4.85. The van der Waals surface area contributed by atoms with Crippen LogP contribution in [0.15, 0.2) is 0 Å². The molecule has 0 radical (unpaired) electrons. The molecule has 2 aromatic heterocycles. The van der Waals surface area contributed by atoms with Gasteiger partial charge in [0.15, 0.2) is 0 Å². The van der Waals surface area contributed by atoms with Crippen LogP contribution in [0.3, 0.4) is 0 Å². The van der Waals surface area contributed by atoms with Gasteiger partial charge in [-0.2, -0.15) is 4.98 Å². The van der Waals surface area contributed by atoms with Crippen LogP contribution in [0.25, 0.3) is 10.2 Å². The number of hydrogen-bond donors (Lipinski definition) is 0. The highest BCUT2D eigenvalue weighted by atomic mass is 35.5. The molecule has 3 rings (SSSR count).